The van der Waals surface area contributed by atoms with Gasteiger partial charge in [-0.05, 0) is 16.9 Å². The molecule has 1 atom stereocenters. The van der Waals surface area contributed by atoms with Crippen molar-refractivity contribution in [1.82, 2.24) is 0 Å². The minimum absolute atomic E-state index is 0.374. The summed E-state index contributed by atoms with van der Waals surface area (Å²) in [7, 11) is 2.21. The number of benzene rings is 2. The maximum absolute atomic E-state index is 9.95. The monoisotopic (exact) mass is 211 g/mol. The predicted molar refractivity (Wildman–Crippen MR) is 70.2 cm³/mol. The smallest absolute Gasteiger partial charge is 0.125 e. The summed E-state index contributed by atoms with van der Waals surface area (Å²) >= 11 is 0. The van der Waals surface area contributed by atoms with Crippen LogP contribution in [0.15, 0.2) is 30.3 Å². The molecular weight excluding hydrogens is 197 g/mol. The Morgan fingerprint density at radius 1 is 1.31 bits per heavy atom. The van der Waals surface area contributed by atoms with Gasteiger partial charge in [0.05, 0.1) is 0 Å². The van der Waals surface area contributed by atoms with E-state index in [1.165, 1.54) is 10.9 Å². The van der Waals surface area contributed by atoms with Crippen molar-refractivity contribution in [2.24, 2.45) is 0 Å². The van der Waals surface area contributed by atoms with E-state index in [2.05, 4.69) is 19.2 Å². The molecule has 16 heavy (non-hydrogen) atoms. The lowest BCUT2D eigenvalue weighted by Gasteiger charge is -2.11. The zero-order valence-corrected chi connectivity index (χ0v) is 9.33. The number of rotatable bonds is 1. The third-order valence-corrected chi connectivity index (χ3v) is 3.50. The lowest BCUT2D eigenvalue weighted by molar-refractivity contribution is 0.482. The zero-order chi connectivity index (χ0) is 11.1. The van der Waals surface area contributed by atoms with Crippen molar-refractivity contribution in [3.05, 3.63) is 35.9 Å². The highest BCUT2D eigenvalue weighted by Crippen LogP contribution is 2.42. The second-order valence-electron chi connectivity index (χ2n) is 4.39. The fraction of sp³-hybridized carbons (Fsp3) is 0.231. The van der Waals surface area contributed by atoms with E-state index in [-0.39, 0.29) is 0 Å². The number of hydrogen-bond acceptors (Lipinski definition) is 2. The topological polar surface area (TPSA) is 32.3 Å². The lowest BCUT2D eigenvalue weighted by atomic mass is 9.85. The number of nitrogens with one attached hydrogen (secondary N) is 1. The summed E-state index contributed by atoms with van der Waals surface area (Å²) in [6.07, 6.45) is 1.13. The van der Waals surface area contributed by atoms with Crippen LogP contribution in [0.3, 0.4) is 0 Å². The summed E-state index contributed by atoms with van der Waals surface area (Å²) in [5, 5.41) is 15.5. The maximum atomic E-state index is 9.95. The van der Waals surface area contributed by atoms with Crippen LogP contribution >= 0.6 is 0 Å². The third kappa shape index (κ3) is 1.21. The molecule has 0 aromatic heterocycles. The minimum Gasteiger partial charge on any atom is -0.507 e. The molecule has 80 valence electrons. The lowest BCUT2D eigenvalue weighted by Crippen LogP contribution is -2.00. The Balaban J connectivity index is 2.37. The summed E-state index contributed by atoms with van der Waals surface area (Å²) < 4.78 is 0. The van der Waals surface area contributed by atoms with E-state index >= 15 is 0 Å². The van der Waals surface area contributed by atoms with Crippen molar-refractivity contribution in [2.45, 2.75) is 12.2 Å². The first-order chi connectivity index (χ1) is 7.81. The van der Waals surface area contributed by atoms with Crippen molar-refractivity contribution < 1.29 is 5.11 Å². The molecule has 1 aliphatic rings. The second-order valence-corrected chi connectivity index (χ2v) is 4.39. The molecule has 1 aliphatic heterocycles. The van der Waals surface area contributed by atoms with E-state index in [9.17, 15) is 5.11 Å². The van der Waals surface area contributed by atoms with Crippen LogP contribution in [0, 0.1) is 0 Å². The molecule has 2 N–H and O–H groups in total. The largest absolute Gasteiger partial charge is 0.507 e. The molecule has 0 amide bonds. The van der Waals surface area contributed by atoms with E-state index in [0.717, 1.165) is 23.9 Å². The van der Waals surface area contributed by atoms with Crippen molar-refractivity contribution in [2.75, 3.05) is 11.9 Å². The molecular formula is C13H14BNO. The quantitative estimate of drug-likeness (QED) is 0.708. The SMILES string of the molecule is BCC1CNc2cc(O)c3ccccc3c21. The Labute approximate surface area is 95.7 Å². The van der Waals surface area contributed by atoms with Crippen LogP contribution in [0.2, 0.25) is 6.32 Å². The molecule has 1 unspecified atom stereocenters. The highest BCUT2D eigenvalue weighted by molar-refractivity contribution is 6.10. The van der Waals surface area contributed by atoms with Gasteiger partial charge in [0.15, 0.2) is 0 Å². The van der Waals surface area contributed by atoms with Gasteiger partial charge in [-0.3, -0.25) is 0 Å². The van der Waals surface area contributed by atoms with Gasteiger partial charge in [0, 0.05) is 23.7 Å². The van der Waals surface area contributed by atoms with Crippen LogP contribution in [0.4, 0.5) is 5.69 Å². The molecule has 0 saturated heterocycles. The average Bonchev–Trinajstić information content (AvgIpc) is 2.72. The predicted octanol–water partition coefficient (Wildman–Crippen LogP) is 2.11. The highest BCUT2D eigenvalue weighted by Gasteiger charge is 2.23. The van der Waals surface area contributed by atoms with Crippen molar-refractivity contribution in [1.29, 1.82) is 0 Å². The first-order valence-corrected chi connectivity index (χ1v) is 5.79. The van der Waals surface area contributed by atoms with E-state index in [4.69, 9.17) is 0 Å². The number of phenols is 1. The standard InChI is InChI=1S/C13H14BNO/c14-6-8-7-15-11-5-12(16)9-3-1-2-4-10(9)13(8)11/h1-5,8,15-16H,6-7,14H2. The number of aromatic hydroxyl groups is 1. The van der Waals surface area contributed by atoms with Gasteiger partial charge >= 0.3 is 0 Å². The Bertz CT molecular complexity index is 553. The fourth-order valence-corrected chi connectivity index (χ4v) is 2.65. The molecule has 1 heterocycles. The van der Waals surface area contributed by atoms with Crippen LogP contribution in [0.25, 0.3) is 10.8 Å². The van der Waals surface area contributed by atoms with Gasteiger partial charge in [0.2, 0.25) is 0 Å². The maximum Gasteiger partial charge on any atom is 0.125 e. The van der Waals surface area contributed by atoms with E-state index in [1.807, 2.05) is 24.3 Å². The van der Waals surface area contributed by atoms with Gasteiger partial charge < -0.3 is 10.4 Å². The van der Waals surface area contributed by atoms with Gasteiger partial charge in [-0.1, -0.05) is 30.6 Å². The Morgan fingerprint density at radius 2 is 2.06 bits per heavy atom. The van der Waals surface area contributed by atoms with E-state index < -0.39 is 0 Å². The van der Waals surface area contributed by atoms with Crippen molar-refractivity contribution in [3.8, 4) is 5.75 Å². The van der Waals surface area contributed by atoms with Crippen LogP contribution < -0.4 is 5.32 Å². The Morgan fingerprint density at radius 3 is 2.81 bits per heavy atom. The summed E-state index contributed by atoms with van der Waals surface area (Å²) in [6.45, 7) is 0.985. The molecule has 2 aromatic rings. The minimum atomic E-state index is 0.374. The first kappa shape index (κ1) is 9.58. The number of phenolic OH excluding ortho intramolecular Hbond substituents is 1. The van der Waals surface area contributed by atoms with Gasteiger partial charge in [0.1, 0.15) is 13.6 Å². The molecule has 0 radical (unpaired) electrons. The fourth-order valence-electron chi connectivity index (χ4n) is 2.65. The molecule has 2 nitrogen and oxygen atoms in total. The molecule has 0 aliphatic carbocycles. The molecule has 0 bridgehead atoms. The Kier molecular flexibility index (Phi) is 2.06. The van der Waals surface area contributed by atoms with Gasteiger partial charge in [0.25, 0.3) is 0 Å². The highest BCUT2D eigenvalue weighted by atomic mass is 16.3. The number of hydrogen-bond donors (Lipinski definition) is 2. The summed E-state index contributed by atoms with van der Waals surface area (Å²) in [5.41, 5.74) is 2.47. The summed E-state index contributed by atoms with van der Waals surface area (Å²) in [4.78, 5) is 0. The first-order valence-electron chi connectivity index (χ1n) is 5.79. The average molecular weight is 211 g/mol. The van der Waals surface area contributed by atoms with E-state index in [1.54, 1.807) is 0 Å². The zero-order valence-electron chi connectivity index (χ0n) is 9.33. The van der Waals surface area contributed by atoms with Crippen molar-refractivity contribution in [3.63, 3.8) is 0 Å². The summed E-state index contributed by atoms with van der Waals surface area (Å²) in [5.74, 6) is 0.944. The molecule has 3 rings (SSSR count). The van der Waals surface area contributed by atoms with Crippen LogP contribution in [-0.2, 0) is 0 Å². The van der Waals surface area contributed by atoms with Gasteiger partial charge in [-0.15, -0.1) is 0 Å². The van der Waals surface area contributed by atoms with Crippen LogP contribution in [0.1, 0.15) is 11.5 Å². The summed E-state index contributed by atoms with van der Waals surface area (Å²) in [6, 6.07) is 9.94. The Hall–Kier alpha value is -1.64. The van der Waals surface area contributed by atoms with Crippen molar-refractivity contribution >= 4 is 24.3 Å². The molecule has 0 saturated carbocycles. The molecule has 0 fully saturated rings. The van der Waals surface area contributed by atoms with E-state index in [0.29, 0.717) is 11.7 Å². The second kappa shape index (κ2) is 3.44. The van der Waals surface area contributed by atoms with Gasteiger partial charge in [-0.2, -0.15) is 0 Å². The number of fused-ring (bicyclic) bond motifs is 3. The molecule has 2 aromatic carbocycles. The normalized spacial score (nSPS) is 18.4. The molecule has 3 heteroatoms. The third-order valence-electron chi connectivity index (χ3n) is 3.50. The number of anilines is 1. The van der Waals surface area contributed by atoms with Crippen LogP contribution in [0.5, 0.6) is 5.75 Å². The molecule has 0 spiro atoms. The van der Waals surface area contributed by atoms with Gasteiger partial charge in [-0.25, -0.2) is 0 Å². The van der Waals surface area contributed by atoms with Crippen LogP contribution in [-0.4, -0.2) is 19.5 Å².